The van der Waals surface area contributed by atoms with Gasteiger partial charge in [0.2, 0.25) is 0 Å². The van der Waals surface area contributed by atoms with Crippen molar-refractivity contribution >= 4 is 50.5 Å². The lowest BCUT2D eigenvalue weighted by atomic mass is 10.2. The number of phenolic OH excluding ortho intramolecular Hbond substituents is 1. The molecule has 0 aliphatic carbocycles. The molecule has 0 fully saturated rings. The summed E-state index contributed by atoms with van der Waals surface area (Å²) in [7, 11) is -1.26. The van der Waals surface area contributed by atoms with Crippen LogP contribution >= 0.6 is 23.2 Å². The predicted molar refractivity (Wildman–Crippen MR) is 123 cm³/mol. The standard InChI is InChI=1S/C21H18Cl2N2O6S/c1-30-19-6-4-3-5-16(19)25-32(28,29)13-7-8-18(26)17(11-13)24-21(27)12-9-14(22)20(31-2)15(23)10-12/h3-11,25-26H,1-2H3,(H,24,27). The largest absolute Gasteiger partial charge is 0.506 e. The highest BCUT2D eigenvalue weighted by atomic mass is 35.5. The zero-order valence-corrected chi connectivity index (χ0v) is 19.2. The molecule has 0 saturated carbocycles. The summed E-state index contributed by atoms with van der Waals surface area (Å²) in [5.74, 6) is -0.459. The van der Waals surface area contributed by atoms with Crippen LogP contribution in [0.5, 0.6) is 17.2 Å². The number of benzene rings is 3. The van der Waals surface area contributed by atoms with Crippen molar-refractivity contribution in [3.05, 3.63) is 70.2 Å². The molecule has 0 atom stereocenters. The molecule has 0 bridgehead atoms. The van der Waals surface area contributed by atoms with Crippen LogP contribution in [0.4, 0.5) is 11.4 Å². The summed E-state index contributed by atoms with van der Waals surface area (Å²) < 4.78 is 38.3. The number of methoxy groups -OCH3 is 2. The topological polar surface area (TPSA) is 114 Å². The molecule has 32 heavy (non-hydrogen) atoms. The van der Waals surface area contributed by atoms with E-state index in [1.54, 1.807) is 18.2 Å². The number of phenols is 1. The minimum atomic E-state index is -4.06. The molecule has 0 aliphatic heterocycles. The average Bonchev–Trinajstić information content (AvgIpc) is 2.75. The van der Waals surface area contributed by atoms with E-state index in [4.69, 9.17) is 32.7 Å². The van der Waals surface area contributed by atoms with Crippen molar-refractivity contribution in [2.45, 2.75) is 4.90 Å². The van der Waals surface area contributed by atoms with Crippen LogP contribution in [0, 0.1) is 0 Å². The number of ether oxygens (including phenoxy) is 2. The fraction of sp³-hybridized carbons (Fsp3) is 0.0952. The lowest BCUT2D eigenvalue weighted by Gasteiger charge is -2.14. The van der Waals surface area contributed by atoms with E-state index in [0.29, 0.717) is 5.75 Å². The number of sulfonamides is 1. The van der Waals surface area contributed by atoms with E-state index in [-0.39, 0.29) is 43.4 Å². The highest BCUT2D eigenvalue weighted by molar-refractivity contribution is 7.92. The second kappa shape index (κ2) is 9.56. The minimum Gasteiger partial charge on any atom is -0.506 e. The number of carbonyl (C=O) groups is 1. The molecule has 1 amide bonds. The van der Waals surface area contributed by atoms with Crippen LogP contribution < -0.4 is 19.5 Å². The van der Waals surface area contributed by atoms with Crippen LogP contribution in [0.1, 0.15) is 10.4 Å². The summed E-state index contributed by atoms with van der Waals surface area (Å²) in [6.45, 7) is 0. The third-order valence-electron chi connectivity index (χ3n) is 4.34. The van der Waals surface area contributed by atoms with Crippen molar-refractivity contribution in [3.8, 4) is 17.2 Å². The summed E-state index contributed by atoms with van der Waals surface area (Å²) in [6.07, 6.45) is 0. The molecule has 0 spiro atoms. The van der Waals surface area contributed by atoms with Gasteiger partial charge in [-0.25, -0.2) is 8.42 Å². The van der Waals surface area contributed by atoms with E-state index >= 15 is 0 Å². The number of para-hydroxylation sites is 2. The Labute approximate surface area is 194 Å². The second-order valence-electron chi connectivity index (χ2n) is 6.41. The van der Waals surface area contributed by atoms with Gasteiger partial charge in [0.1, 0.15) is 11.5 Å². The maximum atomic E-state index is 12.8. The quantitative estimate of drug-likeness (QED) is 0.406. The fourth-order valence-corrected chi connectivity index (χ4v) is 4.53. The van der Waals surface area contributed by atoms with E-state index in [1.807, 2.05) is 0 Å². The maximum absolute atomic E-state index is 12.8. The summed E-state index contributed by atoms with van der Waals surface area (Å²) in [6, 6.07) is 12.6. The van der Waals surface area contributed by atoms with Gasteiger partial charge in [0.25, 0.3) is 15.9 Å². The average molecular weight is 497 g/mol. The molecule has 0 unspecified atom stereocenters. The predicted octanol–water partition coefficient (Wildman–Crippen LogP) is 4.77. The van der Waals surface area contributed by atoms with E-state index in [0.717, 1.165) is 12.1 Å². The van der Waals surface area contributed by atoms with Gasteiger partial charge in [-0.15, -0.1) is 0 Å². The Hall–Kier alpha value is -3.14. The van der Waals surface area contributed by atoms with Gasteiger partial charge >= 0.3 is 0 Å². The monoisotopic (exact) mass is 496 g/mol. The number of anilines is 2. The first-order chi connectivity index (χ1) is 15.2. The molecule has 3 aromatic rings. The molecule has 3 rings (SSSR count). The van der Waals surface area contributed by atoms with Crippen molar-refractivity contribution in [3.63, 3.8) is 0 Å². The number of nitrogens with one attached hydrogen (secondary N) is 2. The lowest BCUT2D eigenvalue weighted by molar-refractivity contribution is 0.102. The number of hydrogen-bond acceptors (Lipinski definition) is 6. The van der Waals surface area contributed by atoms with Gasteiger partial charge in [-0.2, -0.15) is 0 Å². The first-order valence-electron chi connectivity index (χ1n) is 8.99. The molecule has 8 nitrogen and oxygen atoms in total. The van der Waals surface area contributed by atoms with Crippen LogP contribution in [-0.4, -0.2) is 33.7 Å². The lowest BCUT2D eigenvalue weighted by Crippen LogP contribution is -2.15. The first-order valence-corrected chi connectivity index (χ1v) is 11.2. The van der Waals surface area contributed by atoms with Crippen LogP contribution in [0.25, 0.3) is 0 Å². The van der Waals surface area contributed by atoms with Crippen LogP contribution in [0.15, 0.2) is 59.5 Å². The molecular formula is C21H18Cl2N2O6S. The van der Waals surface area contributed by atoms with Gasteiger partial charge in [0.05, 0.1) is 40.5 Å². The zero-order chi connectivity index (χ0) is 23.5. The molecule has 11 heteroatoms. The fourth-order valence-electron chi connectivity index (χ4n) is 2.80. The molecule has 3 aromatic carbocycles. The third kappa shape index (κ3) is 5.01. The number of rotatable bonds is 7. The molecule has 0 aliphatic rings. The van der Waals surface area contributed by atoms with Crippen LogP contribution in [0.3, 0.4) is 0 Å². The zero-order valence-electron chi connectivity index (χ0n) is 16.8. The van der Waals surface area contributed by atoms with E-state index < -0.39 is 15.9 Å². The number of halogens is 2. The van der Waals surface area contributed by atoms with Gasteiger partial charge in [-0.3, -0.25) is 9.52 Å². The van der Waals surface area contributed by atoms with Gasteiger partial charge in [0, 0.05) is 5.56 Å². The molecule has 0 saturated heterocycles. The van der Waals surface area contributed by atoms with Crippen LogP contribution in [-0.2, 0) is 10.0 Å². The summed E-state index contributed by atoms with van der Waals surface area (Å²) in [5, 5.41) is 12.8. The van der Waals surface area contributed by atoms with Gasteiger partial charge in [-0.05, 0) is 42.5 Å². The Morgan fingerprint density at radius 1 is 0.938 bits per heavy atom. The number of amides is 1. The number of hydrogen-bond donors (Lipinski definition) is 3. The smallest absolute Gasteiger partial charge is 0.262 e. The second-order valence-corrected chi connectivity index (χ2v) is 8.91. The molecule has 0 aromatic heterocycles. The van der Waals surface area contributed by atoms with Crippen molar-refractivity contribution in [2.24, 2.45) is 0 Å². The van der Waals surface area contributed by atoms with E-state index in [2.05, 4.69) is 10.0 Å². The highest BCUT2D eigenvalue weighted by Crippen LogP contribution is 2.35. The summed E-state index contributed by atoms with van der Waals surface area (Å²) >= 11 is 12.1. The van der Waals surface area contributed by atoms with Gasteiger partial charge in [-0.1, -0.05) is 35.3 Å². The van der Waals surface area contributed by atoms with Gasteiger partial charge in [0.15, 0.2) is 5.75 Å². The van der Waals surface area contributed by atoms with Crippen molar-refractivity contribution in [1.82, 2.24) is 0 Å². The van der Waals surface area contributed by atoms with Crippen molar-refractivity contribution < 1.29 is 27.8 Å². The summed E-state index contributed by atoms with van der Waals surface area (Å²) in [4.78, 5) is 12.5. The number of aromatic hydroxyl groups is 1. The van der Waals surface area contributed by atoms with E-state index in [1.165, 1.54) is 38.5 Å². The molecule has 0 radical (unpaired) electrons. The molecular weight excluding hydrogens is 479 g/mol. The van der Waals surface area contributed by atoms with E-state index in [9.17, 15) is 18.3 Å². The molecule has 0 heterocycles. The third-order valence-corrected chi connectivity index (χ3v) is 6.27. The maximum Gasteiger partial charge on any atom is 0.262 e. The van der Waals surface area contributed by atoms with Crippen molar-refractivity contribution in [2.75, 3.05) is 24.3 Å². The first kappa shape index (κ1) is 23.5. The van der Waals surface area contributed by atoms with Gasteiger partial charge < -0.3 is 19.9 Å². The Bertz CT molecular complexity index is 1260. The SMILES string of the molecule is COc1ccccc1NS(=O)(=O)c1ccc(O)c(NC(=O)c2cc(Cl)c(OC)c(Cl)c2)c1. The number of carbonyl (C=O) groups excluding carboxylic acids is 1. The Kier molecular flexibility index (Phi) is 7.02. The molecule has 168 valence electrons. The summed E-state index contributed by atoms with van der Waals surface area (Å²) in [5.41, 5.74) is 0.192. The Morgan fingerprint density at radius 3 is 2.22 bits per heavy atom. The van der Waals surface area contributed by atoms with Crippen LogP contribution in [0.2, 0.25) is 10.0 Å². The minimum absolute atomic E-state index is 0.0839. The van der Waals surface area contributed by atoms with Crippen molar-refractivity contribution in [1.29, 1.82) is 0 Å². The Morgan fingerprint density at radius 2 is 1.59 bits per heavy atom. The molecule has 3 N–H and O–H groups in total. The normalized spacial score (nSPS) is 11.0. The Balaban J connectivity index is 1.89. The highest BCUT2D eigenvalue weighted by Gasteiger charge is 2.20.